The Morgan fingerprint density at radius 3 is 2.28 bits per heavy atom. The van der Waals surface area contributed by atoms with Crippen molar-refractivity contribution in [3.05, 3.63) is 0 Å². The van der Waals surface area contributed by atoms with E-state index in [1.165, 1.54) is 58.2 Å². The zero-order valence-electron chi connectivity index (χ0n) is 12.9. The molecule has 0 unspecified atom stereocenters. The van der Waals surface area contributed by atoms with Gasteiger partial charge in [0.05, 0.1) is 0 Å². The van der Waals surface area contributed by atoms with E-state index in [0.29, 0.717) is 11.0 Å². The van der Waals surface area contributed by atoms with E-state index in [1.807, 2.05) is 0 Å². The van der Waals surface area contributed by atoms with Gasteiger partial charge in [0.1, 0.15) is 0 Å². The predicted molar refractivity (Wildman–Crippen MR) is 78.9 cm³/mol. The van der Waals surface area contributed by atoms with Crippen LogP contribution in [0.1, 0.15) is 66.2 Å². The van der Waals surface area contributed by atoms with Crippen molar-refractivity contribution in [3.63, 3.8) is 0 Å². The number of rotatable bonds is 3. The third-order valence-corrected chi connectivity index (χ3v) is 5.58. The summed E-state index contributed by atoms with van der Waals surface area (Å²) in [6.45, 7) is 13.3. The van der Waals surface area contributed by atoms with Crippen LogP contribution < -0.4 is 5.32 Å². The number of piperazine rings is 1. The smallest absolute Gasteiger partial charge is 0.0304 e. The van der Waals surface area contributed by atoms with Crippen molar-refractivity contribution in [2.45, 2.75) is 77.8 Å². The molecule has 0 spiro atoms. The van der Waals surface area contributed by atoms with Crippen LogP contribution in [0.15, 0.2) is 0 Å². The molecule has 0 atom stereocenters. The summed E-state index contributed by atoms with van der Waals surface area (Å²) in [5.41, 5.74) is 0.988. The minimum atomic E-state index is 0.394. The summed E-state index contributed by atoms with van der Waals surface area (Å²) in [5, 5.41) is 3.78. The normalized spacial score (nSPS) is 29.3. The monoisotopic (exact) mass is 252 g/mol. The molecule has 1 saturated heterocycles. The van der Waals surface area contributed by atoms with E-state index in [0.717, 1.165) is 6.04 Å². The van der Waals surface area contributed by atoms with E-state index in [2.05, 4.69) is 37.9 Å². The van der Waals surface area contributed by atoms with E-state index >= 15 is 0 Å². The Bertz CT molecular complexity index is 258. The first-order chi connectivity index (χ1) is 8.50. The van der Waals surface area contributed by atoms with Crippen molar-refractivity contribution < 1.29 is 0 Å². The van der Waals surface area contributed by atoms with E-state index < -0.39 is 0 Å². The Morgan fingerprint density at radius 1 is 1.11 bits per heavy atom. The van der Waals surface area contributed by atoms with Crippen LogP contribution in [0.25, 0.3) is 0 Å². The van der Waals surface area contributed by atoms with Gasteiger partial charge in [-0.25, -0.2) is 0 Å². The molecule has 106 valence electrons. The number of hydrogen-bond donors (Lipinski definition) is 1. The van der Waals surface area contributed by atoms with Crippen LogP contribution in [-0.4, -0.2) is 36.1 Å². The van der Waals surface area contributed by atoms with Crippen molar-refractivity contribution in [1.82, 2.24) is 10.2 Å². The largest absolute Gasteiger partial charge is 0.309 e. The van der Waals surface area contributed by atoms with E-state index in [4.69, 9.17) is 0 Å². The highest BCUT2D eigenvalue weighted by Gasteiger charge is 2.37. The maximum Gasteiger partial charge on any atom is 0.0304 e. The second kappa shape index (κ2) is 5.50. The van der Waals surface area contributed by atoms with Gasteiger partial charge in [0, 0.05) is 31.2 Å². The molecular formula is C16H32N2. The second-order valence-corrected chi connectivity index (χ2v) is 7.28. The lowest BCUT2D eigenvalue weighted by Gasteiger charge is -2.48. The van der Waals surface area contributed by atoms with E-state index in [9.17, 15) is 0 Å². The average molecular weight is 252 g/mol. The van der Waals surface area contributed by atoms with Gasteiger partial charge in [-0.15, -0.1) is 0 Å². The van der Waals surface area contributed by atoms with Gasteiger partial charge in [-0.3, -0.25) is 4.90 Å². The minimum absolute atomic E-state index is 0.394. The van der Waals surface area contributed by atoms with Crippen LogP contribution >= 0.6 is 0 Å². The van der Waals surface area contributed by atoms with Gasteiger partial charge >= 0.3 is 0 Å². The fourth-order valence-electron chi connectivity index (χ4n) is 3.77. The molecule has 0 aromatic rings. The van der Waals surface area contributed by atoms with Crippen molar-refractivity contribution in [1.29, 1.82) is 0 Å². The SMILES string of the molecule is CCC1(CC)CN(C2CCC(C)(C)CC2)CCN1. The summed E-state index contributed by atoms with van der Waals surface area (Å²) in [7, 11) is 0. The van der Waals surface area contributed by atoms with Crippen LogP contribution in [0.2, 0.25) is 0 Å². The zero-order chi connectivity index (χ0) is 13.2. The molecule has 1 heterocycles. The standard InChI is InChI=1S/C16H32N2/c1-5-16(6-2)13-18(12-11-17-16)14-7-9-15(3,4)10-8-14/h14,17H,5-13H2,1-4H3. The molecule has 0 aromatic carbocycles. The third kappa shape index (κ3) is 3.08. The Morgan fingerprint density at radius 2 is 1.72 bits per heavy atom. The minimum Gasteiger partial charge on any atom is -0.309 e. The van der Waals surface area contributed by atoms with Crippen LogP contribution in [0, 0.1) is 5.41 Å². The Kier molecular flexibility index (Phi) is 4.38. The Balaban J connectivity index is 1.93. The molecule has 1 aliphatic carbocycles. The first kappa shape index (κ1) is 14.3. The average Bonchev–Trinajstić information content (AvgIpc) is 2.38. The summed E-state index contributed by atoms with van der Waals surface area (Å²) >= 11 is 0. The molecule has 18 heavy (non-hydrogen) atoms. The number of hydrogen-bond acceptors (Lipinski definition) is 2. The van der Waals surface area contributed by atoms with Gasteiger partial charge in [-0.05, 0) is 43.9 Å². The molecule has 1 saturated carbocycles. The zero-order valence-corrected chi connectivity index (χ0v) is 12.9. The molecule has 1 aliphatic heterocycles. The molecule has 0 amide bonds. The molecule has 0 bridgehead atoms. The lowest BCUT2D eigenvalue weighted by Crippen LogP contribution is -2.62. The summed E-state index contributed by atoms with van der Waals surface area (Å²) in [4.78, 5) is 2.79. The van der Waals surface area contributed by atoms with Crippen LogP contribution in [-0.2, 0) is 0 Å². The summed E-state index contributed by atoms with van der Waals surface area (Å²) in [5.74, 6) is 0. The van der Waals surface area contributed by atoms with Crippen molar-refractivity contribution in [3.8, 4) is 0 Å². The van der Waals surface area contributed by atoms with Gasteiger partial charge in [0.2, 0.25) is 0 Å². The summed E-state index contributed by atoms with van der Waals surface area (Å²) in [6.07, 6.45) is 8.17. The summed E-state index contributed by atoms with van der Waals surface area (Å²) < 4.78 is 0. The van der Waals surface area contributed by atoms with Crippen molar-refractivity contribution in [2.24, 2.45) is 5.41 Å². The first-order valence-electron chi connectivity index (χ1n) is 7.99. The fourth-order valence-corrected chi connectivity index (χ4v) is 3.77. The Labute approximate surface area is 114 Å². The highest BCUT2D eigenvalue weighted by Crippen LogP contribution is 2.37. The summed E-state index contributed by atoms with van der Waals surface area (Å²) in [6, 6.07) is 0.859. The second-order valence-electron chi connectivity index (χ2n) is 7.28. The third-order valence-electron chi connectivity index (χ3n) is 5.58. The van der Waals surface area contributed by atoms with Gasteiger partial charge in [-0.1, -0.05) is 27.7 Å². The lowest BCUT2D eigenvalue weighted by atomic mass is 9.74. The van der Waals surface area contributed by atoms with Crippen LogP contribution in [0.5, 0.6) is 0 Å². The van der Waals surface area contributed by atoms with Gasteiger partial charge in [0.15, 0.2) is 0 Å². The predicted octanol–water partition coefficient (Wildman–Crippen LogP) is 3.42. The molecule has 2 rings (SSSR count). The van der Waals surface area contributed by atoms with Gasteiger partial charge in [-0.2, -0.15) is 0 Å². The fraction of sp³-hybridized carbons (Fsp3) is 1.00. The van der Waals surface area contributed by atoms with E-state index in [-0.39, 0.29) is 0 Å². The molecule has 2 heteroatoms. The van der Waals surface area contributed by atoms with Crippen molar-refractivity contribution in [2.75, 3.05) is 19.6 Å². The molecule has 0 radical (unpaired) electrons. The van der Waals surface area contributed by atoms with E-state index in [1.54, 1.807) is 0 Å². The lowest BCUT2D eigenvalue weighted by molar-refractivity contribution is 0.0486. The number of nitrogens with zero attached hydrogens (tertiary/aromatic N) is 1. The maximum atomic E-state index is 3.78. The highest BCUT2D eigenvalue weighted by molar-refractivity contribution is 4.96. The molecule has 2 nitrogen and oxygen atoms in total. The topological polar surface area (TPSA) is 15.3 Å². The van der Waals surface area contributed by atoms with Gasteiger partial charge < -0.3 is 5.32 Å². The van der Waals surface area contributed by atoms with Crippen LogP contribution in [0.3, 0.4) is 0 Å². The molecule has 1 N–H and O–H groups in total. The first-order valence-corrected chi connectivity index (χ1v) is 7.99. The van der Waals surface area contributed by atoms with Gasteiger partial charge in [0.25, 0.3) is 0 Å². The maximum absolute atomic E-state index is 3.78. The molecular weight excluding hydrogens is 220 g/mol. The highest BCUT2D eigenvalue weighted by atomic mass is 15.2. The van der Waals surface area contributed by atoms with Crippen LogP contribution in [0.4, 0.5) is 0 Å². The number of nitrogens with one attached hydrogen (secondary N) is 1. The molecule has 2 fully saturated rings. The quantitative estimate of drug-likeness (QED) is 0.828. The Hall–Kier alpha value is -0.0800. The molecule has 2 aliphatic rings. The molecule has 0 aromatic heterocycles. The van der Waals surface area contributed by atoms with Crippen molar-refractivity contribution >= 4 is 0 Å².